The second-order valence-corrected chi connectivity index (χ2v) is 4.07. The standard InChI is InChI=1S/C10H8BrNO/c1-10(9(6-12)13-10)7-4-2-3-5-8(7)11/h2-5,9H,1H3. The zero-order chi connectivity index (χ0) is 9.47. The molecule has 13 heavy (non-hydrogen) atoms. The van der Waals surface area contributed by atoms with Gasteiger partial charge in [0.1, 0.15) is 5.60 Å². The van der Waals surface area contributed by atoms with E-state index < -0.39 is 5.60 Å². The summed E-state index contributed by atoms with van der Waals surface area (Å²) in [4.78, 5) is 0. The molecule has 0 spiro atoms. The lowest BCUT2D eigenvalue weighted by atomic mass is 9.98. The molecule has 3 heteroatoms. The fourth-order valence-electron chi connectivity index (χ4n) is 1.43. The van der Waals surface area contributed by atoms with E-state index in [1.165, 1.54) is 0 Å². The molecule has 1 saturated heterocycles. The monoisotopic (exact) mass is 237 g/mol. The lowest BCUT2D eigenvalue weighted by Gasteiger charge is -2.06. The van der Waals surface area contributed by atoms with E-state index in [0.29, 0.717) is 0 Å². The van der Waals surface area contributed by atoms with Crippen molar-refractivity contribution in [2.24, 2.45) is 0 Å². The molecule has 1 aromatic carbocycles. The number of halogens is 1. The molecule has 1 fully saturated rings. The molecule has 0 N–H and O–H groups in total. The molecule has 2 unspecified atom stereocenters. The summed E-state index contributed by atoms with van der Waals surface area (Å²) in [6, 6.07) is 9.93. The van der Waals surface area contributed by atoms with Crippen molar-refractivity contribution in [3.8, 4) is 6.07 Å². The summed E-state index contributed by atoms with van der Waals surface area (Å²) in [5, 5.41) is 8.70. The number of benzene rings is 1. The van der Waals surface area contributed by atoms with Gasteiger partial charge < -0.3 is 4.74 Å². The molecule has 0 aromatic heterocycles. The molecule has 1 aliphatic heterocycles. The maximum absolute atomic E-state index is 8.70. The van der Waals surface area contributed by atoms with Crippen molar-refractivity contribution in [3.05, 3.63) is 34.3 Å². The molecule has 0 radical (unpaired) electrons. The van der Waals surface area contributed by atoms with Crippen molar-refractivity contribution in [1.29, 1.82) is 5.26 Å². The average Bonchev–Trinajstić information content (AvgIpc) is 2.79. The van der Waals surface area contributed by atoms with Gasteiger partial charge in [0, 0.05) is 10.0 Å². The van der Waals surface area contributed by atoms with Crippen LogP contribution in [0.25, 0.3) is 0 Å². The van der Waals surface area contributed by atoms with Gasteiger partial charge in [-0.3, -0.25) is 0 Å². The first-order valence-electron chi connectivity index (χ1n) is 4.01. The normalized spacial score (nSPS) is 31.0. The number of nitrogens with zero attached hydrogens (tertiary/aromatic N) is 1. The second kappa shape index (κ2) is 2.83. The van der Waals surface area contributed by atoms with Gasteiger partial charge in [0.05, 0.1) is 6.07 Å². The van der Waals surface area contributed by atoms with E-state index in [1.807, 2.05) is 31.2 Å². The van der Waals surface area contributed by atoms with Crippen LogP contribution in [0.5, 0.6) is 0 Å². The van der Waals surface area contributed by atoms with Crippen molar-refractivity contribution in [3.63, 3.8) is 0 Å². The van der Waals surface area contributed by atoms with Crippen molar-refractivity contribution in [2.75, 3.05) is 0 Å². The first kappa shape index (κ1) is 8.74. The topological polar surface area (TPSA) is 36.3 Å². The number of rotatable bonds is 1. The summed E-state index contributed by atoms with van der Waals surface area (Å²) in [6.45, 7) is 1.93. The Labute approximate surface area is 85.3 Å². The van der Waals surface area contributed by atoms with Crippen LogP contribution in [0.2, 0.25) is 0 Å². The van der Waals surface area contributed by atoms with E-state index in [-0.39, 0.29) is 6.10 Å². The average molecular weight is 238 g/mol. The van der Waals surface area contributed by atoms with Gasteiger partial charge in [-0.15, -0.1) is 0 Å². The summed E-state index contributed by atoms with van der Waals surface area (Å²) in [5.41, 5.74) is 0.635. The van der Waals surface area contributed by atoms with Crippen molar-refractivity contribution in [2.45, 2.75) is 18.6 Å². The second-order valence-electron chi connectivity index (χ2n) is 3.21. The quantitative estimate of drug-likeness (QED) is 0.705. The molecule has 1 heterocycles. The number of ether oxygens (including phenoxy) is 1. The van der Waals surface area contributed by atoms with Gasteiger partial charge in [0.15, 0.2) is 6.10 Å². The van der Waals surface area contributed by atoms with Crippen molar-refractivity contribution in [1.82, 2.24) is 0 Å². The lowest BCUT2D eigenvalue weighted by molar-refractivity contribution is 0.321. The minimum atomic E-state index is -0.408. The van der Waals surface area contributed by atoms with Crippen LogP contribution in [0.3, 0.4) is 0 Å². The summed E-state index contributed by atoms with van der Waals surface area (Å²) in [6.07, 6.45) is -0.300. The molecular weight excluding hydrogens is 230 g/mol. The Balaban J connectivity index is 2.39. The van der Waals surface area contributed by atoms with E-state index in [2.05, 4.69) is 22.0 Å². The highest BCUT2D eigenvalue weighted by atomic mass is 79.9. The molecule has 0 aliphatic carbocycles. The Morgan fingerprint density at radius 3 is 2.77 bits per heavy atom. The van der Waals surface area contributed by atoms with Crippen molar-refractivity contribution < 1.29 is 4.74 Å². The molecule has 1 aromatic rings. The zero-order valence-electron chi connectivity index (χ0n) is 7.12. The van der Waals surface area contributed by atoms with E-state index >= 15 is 0 Å². The number of epoxide rings is 1. The van der Waals surface area contributed by atoms with Crippen LogP contribution in [0.1, 0.15) is 12.5 Å². The highest BCUT2D eigenvalue weighted by Gasteiger charge is 2.55. The summed E-state index contributed by atoms with van der Waals surface area (Å²) in [7, 11) is 0. The highest BCUT2D eigenvalue weighted by Crippen LogP contribution is 2.47. The maximum Gasteiger partial charge on any atom is 0.178 e. The minimum Gasteiger partial charge on any atom is -0.345 e. The molecule has 2 rings (SSSR count). The van der Waals surface area contributed by atoms with E-state index in [0.717, 1.165) is 10.0 Å². The Kier molecular flexibility index (Phi) is 1.90. The van der Waals surface area contributed by atoms with Gasteiger partial charge in [0.25, 0.3) is 0 Å². The highest BCUT2D eigenvalue weighted by molar-refractivity contribution is 9.10. The first-order valence-corrected chi connectivity index (χ1v) is 4.80. The van der Waals surface area contributed by atoms with Gasteiger partial charge in [-0.2, -0.15) is 5.26 Å². The minimum absolute atomic E-state index is 0.300. The third-order valence-corrected chi connectivity index (χ3v) is 3.02. The number of nitriles is 1. The first-order chi connectivity index (χ1) is 6.18. The van der Waals surface area contributed by atoms with Gasteiger partial charge >= 0.3 is 0 Å². The molecule has 0 amide bonds. The SMILES string of the molecule is CC1(c2ccccc2Br)OC1C#N. The van der Waals surface area contributed by atoms with E-state index in [4.69, 9.17) is 10.00 Å². The van der Waals surface area contributed by atoms with Crippen LogP contribution in [-0.4, -0.2) is 6.10 Å². The van der Waals surface area contributed by atoms with Crippen LogP contribution >= 0.6 is 15.9 Å². The Morgan fingerprint density at radius 1 is 1.54 bits per heavy atom. The number of hydrogen-bond donors (Lipinski definition) is 0. The molecule has 2 nitrogen and oxygen atoms in total. The summed E-state index contributed by atoms with van der Waals surface area (Å²) >= 11 is 3.44. The van der Waals surface area contributed by atoms with Crippen LogP contribution < -0.4 is 0 Å². The summed E-state index contributed by atoms with van der Waals surface area (Å²) < 4.78 is 6.32. The lowest BCUT2D eigenvalue weighted by Crippen LogP contribution is -2.06. The Morgan fingerprint density at radius 2 is 2.23 bits per heavy atom. The molecule has 66 valence electrons. The Hall–Kier alpha value is -0.850. The summed E-state index contributed by atoms with van der Waals surface area (Å²) in [5.74, 6) is 0. The van der Waals surface area contributed by atoms with Crippen LogP contribution in [-0.2, 0) is 10.3 Å². The molecule has 1 aliphatic rings. The fraction of sp³-hybridized carbons (Fsp3) is 0.300. The Bertz CT molecular complexity index is 385. The molecule has 2 atom stereocenters. The molecule has 0 bridgehead atoms. The molecule has 0 saturated carbocycles. The van der Waals surface area contributed by atoms with Gasteiger partial charge in [0.2, 0.25) is 0 Å². The van der Waals surface area contributed by atoms with Gasteiger partial charge in [-0.1, -0.05) is 34.1 Å². The van der Waals surface area contributed by atoms with Gasteiger partial charge in [-0.25, -0.2) is 0 Å². The molecular formula is C10H8BrNO. The van der Waals surface area contributed by atoms with E-state index in [9.17, 15) is 0 Å². The third-order valence-electron chi connectivity index (χ3n) is 2.33. The smallest absolute Gasteiger partial charge is 0.178 e. The largest absolute Gasteiger partial charge is 0.345 e. The predicted molar refractivity (Wildman–Crippen MR) is 52.0 cm³/mol. The van der Waals surface area contributed by atoms with E-state index in [1.54, 1.807) is 0 Å². The van der Waals surface area contributed by atoms with Crippen LogP contribution in [0.15, 0.2) is 28.7 Å². The van der Waals surface area contributed by atoms with Crippen molar-refractivity contribution >= 4 is 15.9 Å². The predicted octanol–water partition coefficient (Wildman–Crippen LogP) is 2.59. The van der Waals surface area contributed by atoms with Gasteiger partial charge in [-0.05, 0) is 13.0 Å². The number of hydrogen-bond acceptors (Lipinski definition) is 2. The third kappa shape index (κ3) is 1.27. The van der Waals surface area contributed by atoms with Crippen LogP contribution in [0.4, 0.5) is 0 Å². The maximum atomic E-state index is 8.70. The zero-order valence-corrected chi connectivity index (χ0v) is 8.71. The fourth-order valence-corrected chi connectivity index (χ4v) is 2.11. The van der Waals surface area contributed by atoms with Crippen LogP contribution in [0, 0.1) is 11.3 Å².